The molecule has 1 saturated heterocycles. The highest BCUT2D eigenvalue weighted by Crippen LogP contribution is 2.34. The smallest absolute Gasteiger partial charge is 0.239 e. The van der Waals surface area contributed by atoms with E-state index in [-0.39, 0.29) is 23.5 Å². The first kappa shape index (κ1) is 23.9. The first-order chi connectivity index (χ1) is 16.2. The second kappa shape index (κ2) is 9.94. The Bertz CT molecular complexity index is 1190. The van der Waals surface area contributed by atoms with Crippen LogP contribution in [0.4, 0.5) is 27.7 Å². The number of aryl methyl sites for hydroxylation is 2. The van der Waals surface area contributed by atoms with Gasteiger partial charge in [-0.25, -0.2) is 9.37 Å². The second-order valence-electron chi connectivity index (χ2n) is 8.65. The monoisotopic (exact) mass is 486 g/mol. The quantitative estimate of drug-likeness (QED) is 0.412. The zero-order valence-corrected chi connectivity index (χ0v) is 20.1. The van der Waals surface area contributed by atoms with E-state index in [0.717, 1.165) is 29.7 Å². The summed E-state index contributed by atoms with van der Waals surface area (Å²) in [6.07, 6.45) is 2.98. The number of amides is 1. The Balaban J connectivity index is 1.48. The molecule has 11 heteroatoms. The second-order valence-corrected chi connectivity index (χ2v) is 9.06. The fourth-order valence-electron chi connectivity index (χ4n) is 4.17. The van der Waals surface area contributed by atoms with Crippen molar-refractivity contribution >= 4 is 40.8 Å². The molecule has 1 amide bonds. The van der Waals surface area contributed by atoms with Crippen molar-refractivity contribution in [1.82, 2.24) is 25.1 Å². The zero-order chi connectivity index (χ0) is 24.4. The maximum Gasteiger partial charge on any atom is 0.239 e. The Morgan fingerprint density at radius 1 is 1.26 bits per heavy atom. The number of nitrogens with zero attached hydrogens (tertiary/aromatic N) is 4. The molecule has 0 saturated carbocycles. The van der Waals surface area contributed by atoms with Crippen LogP contribution in [-0.2, 0) is 4.79 Å². The summed E-state index contributed by atoms with van der Waals surface area (Å²) in [4.78, 5) is 22.4. The minimum absolute atomic E-state index is 0.0415. The largest absolute Gasteiger partial charge is 0.341 e. The maximum absolute atomic E-state index is 15.1. The number of halogens is 2. The summed E-state index contributed by atoms with van der Waals surface area (Å²) in [5.41, 5.74) is 8.78. The van der Waals surface area contributed by atoms with E-state index in [2.05, 4.69) is 30.8 Å². The molecule has 3 aromatic rings. The fraction of sp³-hybridized carbons (Fsp3) is 0.391. The molecule has 0 bridgehead atoms. The number of aromatic nitrogens is 4. The van der Waals surface area contributed by atoms with Crippen LogP contribution < -0.4 is 16.4 Å². The van der Waals surface area contributed by atoms with Gasteiger partial charge in [0.15, 0.2) is 11.6 Å². The summed E-state index contributed by atoms with van der Waals surface area (Å²) in [5, 5.41) is 13.2. The van der Waals surface area contributed by atoms with Gasteiger partial charge in [0.25, 0.3) is 0 Å². The molecule has 1 unspecified atom stereocenters. The molecule has 180 valence electrons. The lowest BCUT2D eigenvalue weighted by Crippen LogP contribution is -2.45. The van der Waals surface area contributed by atoms with Gasteiger partial charge in [-0.2, -0.15) is 10.1 Å². The van der Waals surface area contributed by atoms with E-state index < -0.39 is 11.9 Å². The molecule has 1 aliphatic heterocycles. The maximum atomic E-state index is 15.1. The van der Waals surface area contributed by atoms with Crippen LogP contribution in [0.3, 0.4) is 0 Å². The summed E-state index contributed by atoms with van der Waals surface area (Å²) in [6, 6.07) is 4.62. The number of carbonyl (C=O) groups is 1. The molecular weight excluding hydrogens is 459 g/mol. The summed E-state index contributed by atoms with van der Waals surface area (Å²) in [6.45, 7) is 6.77. The van der Waals surface area contributed by atoms with Gasteiger partial charge >= 0.3 is 0 Å². The van der Waals surface area contributed by atoms with Crippen LogP contribution in [0.1, 0.15) is 42.5 Å². The average Bonchev–Trinajstić information content (AvgIpc) is 3.22. The molecule has 2 aromatic heterocycles. The summed E-state index contributed by atoms with van der Waals surface area (Å²) < 4.78 is 15.1. The van der Waals surface area contributed by atoms with E-state index in [1.807, 2.05) is 19.9 Å². The van der Waals surface area contributed by atoms with E-state index in [0.29, 0.717) is 29.7 Å². The van der Waals surface area contributed by atoms with Gasteiger partial charge in [0.1, 0.15) is 10.8 Å². The van der Waals surface area contributed by atoms with Crippen LogP contribution in [0.5, 0.6) is 0 Å². The summed E-state index contributed by atoms with van der Waals surface area (Å²) >= 11 is 6.21. The number of likely N-dealkylation sites (tertiary alicyclic amines) is 1. The van der Waals surface area contributed by atoms with Gasteiger partial charge in [0.2, 0.25) is 11.9 Å². The number of hydrogen-bond donors (Lipinski definition) is 4. The minimum atomic E-state index is -0.504. The molecule has 1 atom stereocenters. The number of benzene rings is 1. The van der Waals surface area contributed by atoms with Crippen LogP contribution in [-0.4, -0.2) is 50.1 Å². The van der Waals surface area contributed by atoms with Gasteiger partial charge < -0.3 is 21.3 Å². The van der Waals surface area contributed by atoms with Crippen molar-refractivity contribution in [2.45, 2.75) is 45.6 Å². The number of carbonyl (C=O) groups excluding carboxylic acids is 1. The Morgan fingerprint density at radius 2 is 2.00 bits per heavy atom. The molecule has 3 heterocycles. The fourth-order valence-corrected chi connectivity index (χ4v) is 4.31. The van der Waals surface area contributed by atoms with Crippen molar-refractivity contribution in [3.63, 3.8) is 0 Å². The zero-order valence-electron chi connectivity index (χ0n) is 19.3. The number of rotatable bonds is 6. The lowest BCUT2D eigenvalue weighted by Gasteiger charge is -2.34. The van der Waals surface area contributed by atoms with E-state index in [1.165, 1.54) is 6.20 Å². The molecule has 0 spiro atoms. The van der Waals surface area contributed by atoms with Gasteiger partial charge in [-0.1, -0.05) is 11.6 Å². The number of anilines is 4. The lowest BCUT2D eigenvalue weighted by atomic mass is 9.86. The first-order valence-corrected chi connectivity index (χ1v) is 11.5. The highest BCUT2D eigenvalue weighted by molar-refractivity contribution is 6.32. The average molecular weight is 487 g/mol. The SMILES string of the molecule is Cc1cc(Nc2nc(Nc3cc(C)c(C4CCN(C(=O)C(C)N)CC4)cc3F)ncc2Cl)n[nH]1. The van der Waals surface area contributed by atoms with Crippen LogP contribution >= 0.6 is 11.6 Å². The Morgan fingerprint density at radius 3 is 2.65 bits per heavy atom. The van der Waals surface area contributed by atoms with E-state index >= 15 is 4.39 Å². The third-order valence-corrected chi connectivity index (χ3v) is 6.21. The summed E-state index contributed by atoms with van der Waals surface area (Å²) in [5.74, 6) is 0.857. The van der Waals surface area contributed by atoms with E-state index in [9.17, 15) is 4.79 Å². The number of H-pyrrole nitrogens is 1. The molecule has 34 heavy (non-hydrogen) atoms. The lowest BCUT2D eigenvalue weighted by molar-refractivity contribution is -0.133. The summed E-state index contributed by atoms with van der Waals surface area (Å²) in [7, 11) is 0. The van der Waals surface area contributed by atoms with Crippen molar-refractivity contribution in [1.29, 1.82) is 0 Å². The predicted octanol–water partition coefficient (Wildman–Crippen LogP) is 4.15. The first-order valence-electron chi connectivity index (χ1n) is 11.1. The minimum Gasteiger partial charge on any atom is -0.341 e. The van der Waals surface area contributed by atoms with Crippen molar-refractivity contribution in [3.05, 3.63) is 52.1 Å². The molecule has 1 fully saturated rings. The molecule has 1 aliphatic rings. The van der Waals surface area contributed by atoms with Gasteiger partial charge in [-0.15, -0.1) is 0 Å². The predicted molar refractivity (Wildman–Crippen MR) is 130 cm³/mol. The van der Waals surface area contributed by atoms with Gasteiger partial charge in [0.05, 0.1) is 17.9 Å². The normalized spacial score (nSPS) is 15.3. The standard InChI is InChI=1S/C23H28ClFN8O/c1-12-8-19(18(25)10-16(12)15-4-6-33(7-5-15)22(34)14(3)26)28-23-27-11-17(24)21(30-23)29-20-9-13(2)31-32-20/h8-11,14-15H,4-7,26H2,1-3H3,(H3,27,28,29,30,31,32). The van der Waals surface area contributed by atoms with Crippen LogP contribution in [0.2, 0.25) is 5.02 Å². The topological polar surface area (TPSA) is 125 Å². The number of aromatic amines is 1. The van der Waals surface area contributed by atoms with Crippen LogP contribution in [0.15, 0.2) is 24.4 Å². The van der Waals surface area contributed by atoms with Crippen molar-refractivity contribution in [2.24, 2.45) is 5.73 Å². The molecule has 0 aliphatic carbocycles. The van der Waals surface area contributed by atoms with Crippen LogP contribution in [0.25, 0.3) is 0 Å². The van der Waals surface area contributed by atoms with Crippen molar-refractivity contribution < 1.29 is 9.18 Å². The molecule has 1 aromatic carbocycles. The van der Waals surface area contributed by atoms with Gasteiger partial charge in [-0.05, 0) is 62.8 Å². The van der Waals surface area contributed by atoms with Crippen molar-refractivity contribution in [3.8, 4) is 0 Å². The molecule has 9 nitrogen and oxygen atoms in total. The number of piperidine rings is 1. The molecule has 4 rings (SSSR count). The third kappa shape index (κ3) is 5.28. The number of nitrogens with one attached hydrogen (secondary N) is 3. The molecular formula is C23H28ClFN8O. The van der Waals surface area contributed by atoms with Gasteiger partial charge in [0, 0.05) is 24.8 Å². The molecule has 5 N–H and O–H groups in total. The Kier molecular flexibility index (Phi) is 6.99. The van der Waals surface area contributed by atoms with Crippen molar-refractivity contribution in [2.75, 3.05) is 23.7 Å². The third-order valence-electron chi connectivity index (χ3n) is 5.93. The van der Waals surface area contributed by atoms with E-state index in [4.69, 9.17) is 17.3 Å². The Hall–Kier alpha value is -3.24. The van der Waals surface area contributed by atoms with Gasteiger partial charge in [-0.3, -0.25) is 9.89 Å². The Labute approximate surface area is 202 Å². The van der Waals surface area contributed by atoms with Crippen LogP contribution in [0, 0.1) is 19.7 Å². The number of nitrogens with two attached hydrogens (primary N) is 1. The highest BCUT2D eigenvalue weighted by Gasteiger charge is 2.27. The highest BCUT2D eigenvalue weighted by atomic mass is 35.5. The molecule has 0 radical (unpaired) electrons. The number of hydrogen-bond acceptors (Lipinski definition) is 7. The van der Waals surface area contributed by atoms with E-state index in [1.54, 1.807) is 24.0 Å².